The topological polar surface area (TPSA) is 133 Å². The van der Waals surface area contributed by atoms with Gasteiger partial charge in [0.15, 0.2) is 5.76 Å². The first kappa shape index (κ1) is 19.0. The average molecular weight is 418 g/mol. The van der Waals surface area contributed by atoms with E-state index in [9.17, 15) is 22.9 Å². The summed E-state index contributed by atoms with van der Waals surface area (Å²) in [6.45, 7) is 0.674. The zero-order valence-electron chi connectivity index (χ0n) is 14.9. The Morgan fingerprint density at radius 3 is 2.59 bits per heavy atom. The summed E-state index contributed by atoms with van der Waals surface area (Å²) in [6.07, 6.45) is 0.500. The number of aromatic nitrogens is 1. The van der Waals surface area contributed by atoms with E-state index in [-0.39, 0.29) is 28.6 Å². The summed E-state index contributed by atoms with van der Waals surface area (Å²) >= 11 is 0. The number of benzene rings is 2. The summed E-state index contributed by atoms with van der Waals surface area (Å²) in [7, 11) is -4.06. The molecule has 2 heterocycles. The Kier molecular flexibility index (Phi) is 4.55. The molecule has 11 heteroatoms. The van der Waals surface area contributed by atoms with Crippen molar-refractivity contribution >= 4 is 21.4 Å². The Balaban J connectivity index is 1.67. The maximum atomic E-state index is 13.2. The Morgan fingerprint density at radius 1 is 1.21 bits per heavy atom. The Morgan fingerprint density at radius 2 is 1.93 bits per heavy atom. The fourth-order valence-corrected chi connectivity index (χ4v) is 3.89. The molecule has 9 nitrogen and oxygen atoms in total. The number of hydrogen-bond donors (Lipinski definition) is 1. The highest BCUT2D eigenvalue weighted by molar-refractivity contribution is 7.89. The Labute approximate surface area is 164 Å². The molecule has 0 aliphatic carbocycles. The first-order chi connectivity index (χ1) is 13.7. The summed E-state index contributed by atoms with van der Waals surface area (Å²) in [5, 5.41) is 20.6. The Hall–Kier alpha value is -3.31. The number of nitro groups is 1. The van der Waals surface area contributed by atoms with Crippen LogP contribution in [0.25, 0.3) is 11.3 Å². The number of nitrogens with zero attached hydrogens (tertiary/aromatic N) is 3. The molecule has 0 saturated heterocycles. The lowest BCUT2D eigenvalue weighted by Gasteiger charge is -2.27. The van der Waals surface area contributed by atoms with Crippen LogP contribution < -0.4 is 10.0 Å². The number of rotatable bonds is 4. The summed E-state index contributed by atoms with van der Waals surface area (Å²) in [5.74, 6) is 0.183. The number of hydrogen-bond acceptors (Lipinski definition) is 7. The van der Waals surface area contributed by atoms with E-state index in [1.54, 1.807) is 17.0 Å². The van der Waals surface area contributed by atoms with Crippen molar-refractivity contribution in [3.8, 4) is 11.3 Å². The molecule has 0 spiro atoms. The van der Waals surface area contributed by atoms with Gasteiger partial charge >= 0.3 is 0 Å². The van der Waals surface area contributed by atoms with Crippen LogP contribution >= 0.6 is 0 Å². The molecule has 1 aliphatic heterocycles. The molecular formula is C18H15FN4O5S. The molecule has 0 unspecified atom stereocenters. The molecule has 0 saturated carbocycles. The van der Waals surface area contributed by atoms with Gasteiger partial charge in [-0.3, -0.25) is 10.1 Å². The van der Waals surface area contributed by atoms with Crippen molar-refractivity contribution in [3.63, 3.8) is 0 Å². The van der Waals surface area contributed by atoms with Gasteiger partial charge in [0.2, 0.25) is 10.0 Å². The van der Waals surface area contributed by atoms with Gasteiger partial charge in [-0.2, -0.15) is 0 Å². The predicted octanol–water partition coefficient (Wildman–Crippen LogP) is 2.60. The van der Waals surface area contributed by atoms with Crippen LogP contribution in [-0.4, -0.2) is 25.0 Å². The van der Waals surface area contributed by atoms with E-state index in [2.05, 4.69) is 5.16 Å². The van der Waals surface area contributed by atoms with E-state index < -0.39 is 14.9 Å². The van der Waals surface area contributed by atoms with Gasteiger partial charge in [-0.15, -0.1) is 0 Å². The van der Waals surface area contributed by atoms with Crippen molar-refractivity contribution in [2.45, 2.75) is 17.9 Å². The summed E-state index contributed by atoms with van der Waals surface area (Å²) < 4.78 is 41.6. The molecule has 0 radical (unpaired) electrons. The van der Waals surface area contributed by atoms with Crippen LogP contribution in [0.2, 0.25) is 0 Å². The van der Waals surface area contributed by atoms with Gasteiger partial charge < -0.3 is 9.42 Å². The molecule has 0 fully saturated rings. The molecule has 0 bridgehead atoms. The van der Waals surface area contributed by atoms with Gasteiger partial charge in [0.05, 0.1) is 16.4 Å². The summed E-state index contributed by atoms with van der Waals surface area (Å²) in [6, 6.07) is 9.40. The maximum Gasteiger partial charge on any atom is 0.293 e. The lowest BCUT2D eigenvalue weighted by molar-refractivity contribution is -0.384. The monoisotopic (exact) mass is 418 g/mol. The van der Waals surface area contributed by atoms with Crippen molar-refractivity contribution in [3.05, 3.63) is 69.7 Å². The predicted molar refractivity (Wildman–Crippen MR) is 101 cm³/mol. The minimum Gasteiger partial charge on any atom is -0.360 e. The number of fused-ring (bicyclic) bond motifs is 1. The van der Waals surface area contributed by atoms with E-state index in [0.717, 1.165) is 11.6 Å². The van der Waals surface area contributed by atoms with E-state index in [1.807, 2.05) is 0 Å². The minimum absolute atomic E-state index is 0.246. The van der Waals surface area contributed by atoms with Crippen molar-refractivity contribution in [1.82, 2.24) is 5.16 Å². The Bertz CT molecular complexity index is 1210. The van der Waals surface area contributed by atoms with Gasteiger partial charge in [-0.25, -0.2) is 17.9 Å². The highest BCUT2D eigenvalue weighted by Crippen LogP contribution is 2.36. The van der Waals surface area contributed by atoms with Crippen molar-refractivity contribution in [2.75, 3.05) is 11.4 Å². The SMILES string of the molecule is NS(=O)(=O)c1ccc(N2CCc3c(noc3-c3ccc(F)cc3)C2)c([N+](=O)[O-])c1. The number of nitro benzene ring substituents is 1. The van der Waals surface area contributed by atoms with E-state index >= 15 is 0 Å². The lowest BCUT2D eigenvalue weighted by Crippen LogP contribution is -2.31. The lowest BCUT2D eigenvalue weighted by atomic mass is 10.00. The first-order valence-corrected chi connectivity index (χ1v) is 10.1. The van der Waals surface area contributed by atoms with E-state index in [4.69, 9.17) is 9.66 Å². The molecule has 4 rings (SSSR count). The number of nitrogens with two attached hydrogens (primary N) is 1. The van der Waals surface area contributed by atoms with Crippen LogP contribution in [0.4, 0.5) is 15.8 Å². The zero-order valence-corrected chi connectivity index (χ0v) is 15.7. The molecule has 2 N–H and O–H groups in total. The van der Waals surface area contributed by atoms with Gasteiger partial charge in [-0.05, 0) is 42.8 Å². The molecule has 29 heavy (non-hydrogen) atoms. The minimum atomic E-state index is -4.06. The van der Waals surface area contributed by atoms with E-state index in [1.165, 1.54) is 24.3 Å². The fourth-order valence-electron chi connectivity index (χ4n) is 3.36. The van der Waals surface area contributed by atoms with Gasteiger partial charge in [0.1, 0.15) is 17.2 Å². The normalized spacial score (nSPS) is 13.9. The van der Waals surface area contributed by atoms with Crippen molar-refractivity contribution in [1.29, 1.82) is 0 Å². The van der Waals surface area contributed by atoms with E-state index in [0.29, 0.717) is 30.0 Å². The van der Waals surface area contributed by atoms with Gasteiger partial charge in [0.25, 0.3) is 5.69 Å². The van der Waals surface area contributed by atoms with Crippen LogP contribution in [0.1, 0.15) is 11.3 Å². The zero-order chi connectivity index (χ0) is 20.8. The van der Waals surface area contributed by atoms with Gasteiger partial charge in [-0.1, -0.05) is 5.16 Å². The largest absolute Gasteiger partial charge is 0.360 e. The highest BCUT2D eigenvalue weighted by Gasteiger charge is 2.29. The molecule has 3 aromatic rings. The highest BCUT2D eigenvalue weighted by atomic mass is 32.2. The standard InChI is InChI=1S/C18H15FN4O5S/c19-12-3-1-11(2-4-12)18-14-7-8-22(10-15(14)21-28-18)16-6-5-13(29(20,26)27)9-17(16)23(24)25/h1-6,9H,7-8,10H2,(H2,20,26,27). The fraction of sp³-hybridized carbons (Fsp3) is 0.167. The van der Waals surface area contributed by atoms with Crippen molar-refractivity contribution in [2.24, 2.45) is 5.14 Å². The molecule has 2 aromatic carbocycles. The molecule has 150 valence electrons. The molecule has 1 aromatic heterocycles. The molecular weight excluding hydrogens is 403 g/mol. The third-order valence-corrected chi connectivity index (χ3v) is 5.67. The van der Waals surface area contributed by atoms with Gasteiger partial charge in [0, 0.05) is 23.7 Å². The second-order valence-electron chi connectivity index (χ2n) is 6.57. The maximum absolute atomic E-state index is 13.2. The third-order valence-electron chi connectivity index (χ3n) is 4.76. The number of sulfonamides is 1. The second kappa shape index (κ2) is 6.94. The summed E-state index contributed by atoms with van der Waals surface area (Å²) in [5.41, 5.74) is 2.07. The summed E-state index contributed by atoms with van der Waals surface area (Å²) in [4.78, 5) is 12.2. The van der Waals surface area contributed by atoms with Crippen LogP contribution in [0.3, 0.4) is 0 Å². The van der Waals surface area contributed by atoms with Crippen LogP contribution in [0.5, 0.6) is 0 Å². The first-order valence-electron chi connectivity index (χ1n) is 8.53. The molecule has 1 aliphatic rings. The average Bonchev–Trinajstić information content (AvgIpc) is 3.10. The number of primary sulfonamides is 1. The third kappa shape index (κ3) is 3.57. The number of anilines is 1. The van der Waals surface area contributed by atoms with Crippen LogP contribution in [0.15, 0.2) is 51.9 Å². The van der Waals surface area contributed by atoms with Crippen molar-refractivity contribution < 1.29 is 22.3 Å². The second-order valence-corrected chi connectivity index (χ2v) is 8.13. The molecule has 0 atom stereocenters. The van der Waals surface area contributed by atoms with Crippen LogP contribution in [0, 0.1) is 15.9 Å². The number of halogens is 1. The quantitative estimate of drug-likeness (QED) is 0.508. The molecule has 0 amide bonds. The smallest absolute Gasteiger partial charge is 0.293 e. The van der Waals surface area contributed by atoms with Crippen LogP contribution in [-0.2, 0) is 23.0 Å².